The van der Waals surface area contributed by atoms with Gasteiger partial charge in [0.15, 0.2) is 9.84 Å². The number of carbonyl (C=O) groups is 2. The first kappa shape index (κ1) is 20.1. The average Bonchev–Trinajstić information content (AvgIpc) is 2.70. The number of hydrogen-bond donors (Lipinski definition) is 2. The Kier molecular flexibility index (Phi) is 5.84. The van der Waals surface area contributed by atoms with E-state index in [1.807, 2.05) is 30.3 Å². The lowest BCUT2D eigenvalue weighted by Gasteiger charge is -2.33. The van der Waals surface area contributed by atoms with Crippen LogP contribution in [0.25, 0.3) is 0 Å². The Balaban J connectivity index is 1.77. The van der Waals surface area contributed by atoms with E-state index < -0.39 is 15.1 Å². The summed E-state index contributed by atoms with van der Waals surface area (Å²) in [5.41, 5.74) is 1.31. The first-order valence-corrected chi connectivity index (χ1v) is 10.8. The van der Waals surface area contributed by atoms with Crippen LogP contribution < -0.4 is 10.6 Å². The molecular formula is C21H24N2O4S. The molecular weight excluding hydrogens is 376 g/mol. The van der Waals surface area contributed by atoms with Gasteiger partial charge in [-0.25, -0.2) is 8.42 Å². The van der Waals surface area contributed by atoms with Crippen molar-refractivity contribution in [2.24, 2.45) is 0 Å². The summed E-state index contributed by atoms with van der Waals surface area (Å²) in [6, 6.07) is 14.9. The van der Waals surface area contributed by atoms with Gasteiger partial charge < -0.3 is 10.6 Å². The summed E-state index contributed by atoms with van der Waals surface area (Å²) >= 11 is 0. The molecule has 0 spiro atoms. The molecule has 0 saturated carbocycles. The van der Waals surface area contributed by atoms with Gasteiger partial charge in [0.05, 0.1) is 22.2 Å². The molecule has 2 N–H and O–H groups in total. The predicted octanol–water partition coefficient (Wildman–Crippen LogP) is 2.62. The molecule has 1 saturated heterocycles. The highest BCUT2D eigenvalue weighted by Crippen LogP contribution is 2.24. The molecule has 28 heavy (non-hydrogen) atoms. The molecule has 6 nitrogen and oxygen atoms in total. The van der Waals surface area contributed by atoms with Crippen LogP contribution >= 0.6 is 0 Å². The minimum Gasteiger partial charge on any atom is -0.347 e. The first-order chi connectivity index (χ1) is 13.3. The van der Waals surface area contributed by atoms with Crippen LogP contribution in [0.3, 0.4) is 0 Å². The number of hydrogen-bond acceptors (Lipinski definition) is 4. The molecule has 1 aliphatic heterocycles. The van der Waals surface area contributed by atoms with Crippen LogP contribution in [0.1, 0.15) is 48.7 Å². The maximum absolute atomic E-state index is 12.7. The van der Waals surface area contributed by atoms with Crippen molar-refractivity contribution in [2.75, 3.05) is 0 Å². The van der Waals surface area contributed by atoms with Crippen molar-refractivity contribution in [1.29, 1.82) is 0 Å². The zero-order chi connectivity index (χ0) is 20.3. The van der Waals surface area contributed by atoms with Crippen molar-refractivity contribution in [3.05, 3.63) is 65.7 Å². The van der Waals surface area contributed by atoms with E-state index in [0.29, 0.717) is 18.4 Å². The van der Waals surface area contributed by atoms with Crippen molar-refractivity contribution in [3.63, 3.8) is 0 Å². The van der Waals surface area contributed by atoms with Gasteiger partial charge in [-0.15, -0.1) is 0 Å². The molecule has 3 rings (SSSR count). The maximum Gasteiger partial charge on any atom is 0.251 e. The molecule has 1 aliphatic rings. The number of nitrogens with one attached hydrogen (secondary N) is 2. The summed E-state index contributed by atoms with van der Waals surface area (Å²) in [6.07, 6.45) is 0.886. The molecule has 2 amide bonds. The molecule has 1 fully saturated rings. The van der Waals surface area contributed by atoms with Gasteiger partial charge in [-0.1, -0.05) is 30.3 Å². The van der Waals surface area contributed by atoms with Gasteiger partial charge in [0.2, 0.25) is 5.91 Å². The molecule has 0 radical (unpaired) electrons. The van der Waals surface area contributed by atoms with E-state index in [-0.39, 0.29) is 28.8 Å². The minimum atomic E-state index is -3.38. The molecule has 0 bridgehead atoms. The van der Waals surface area contributed by atoms with E-state index in [0.717, 1.165) is 5.56 Å². The normalized spacial score (nSPS) is 19.9. The SMILES string of the molecule is CC(C)S(=O)(=O)c1ccc(C(=O)N[C@@H]2CCC(=O)N[C@H]2c2ccccc2)cc1. The standard InChI is InChI=1S/C21H24N2O4S/c1-14(2)28(26,27)17-10-8-16(9-11-17)21(25)22-18-12-13-19(24)23-20(18)15-6-4-3-5-7-15/h3-11,14,18,20H,12-13H2,1-2H3,(H,22,25)(H,23,24)/t18-,20+/m1/s1. The van der Waals surface area contributed by atoms with Crippen LogP contribution in [0.5, 0.6) is 0 Å². The highest BCUT2D eigenvalue weighted by Gasteiger charge is 2.31. The third-order valence-electron chi connectivity index (χ3n) is 4.94. The van der Waals surface area contributed by atoms with Gasteiger partial charge in [-0.2, -0.15) is 0 Å². The number of piperidine rings is 1. The number of sulfone groups is 1. The largest absolute Gasteiger partial charge is 0.347 e. The van der Waals surface area contributed by atoms with Crippen LogP contribution in [0.4, 0.5) is 0 Å². The number of rotatable bonds is 5. The molecule has 0 aromatic heterocycles. The highest BCUT2D eigenvalue weighted by molar-refractivity contribution is 7.92. The summed E-state index contributed by atoms with van der Waals surface area (Å²) in [6.45, 7) is 3.24. The molecule has 2 atom stereocenters. The molecule has 2 aromatic rings. The van der Waals surface area contributed by atoms with Gasteiger partial charge >= 0.3 is 0 Å². The number of carbonyl (C=O) groups excluding carboxylic acids is 2. The van der Waals surface area contributed by atoms with Gasteiger partial charge in [0.25, 0.3) is 5.91 Å². The first-order valence-electron chi connectivity index (χ1n) is 9.28. The number of benzene rings is 2. The summed E-state index contributed by atoms with van der Waals surface area (Å²) in [7, 11) is -3.38. The Morgan fingerprint density at radius 1 is 1.07 bits per heavy atom. The third kappa shape index (κ3) is 4.25. The fourth-order valence-electron chi connectivity index (χ4n) is 3.25. The minimum absolute atomic E-state index is 0.0393. The van der Waals surface area contributed by atoms with E-state index >= 15 is 0 Å². The molecule has 0 aliphatic carbocycles. The molecule has 7 heteroatoms. The lowest BCUT2D eigenvalue weighted by molar-refractivity contribution is -0.123. The fraction of sp³-hybridized carbons (Fsp3) is 0.333. The molecule has 2 aromatic carbocycles. The summed E-state index contributed by atoms with van der Waals surface area (Å²) in [5, 5.41) is 5.41. The van der Waals surface area contributed by atoms with Crippen molar-refractivity contribution >= 4 is 21.7 Å². The summed E-state index contributed by atoms with van der Waals surface area (Å²) in [5.74, 6) is -0.335. The highest BCUT2D eigenvalue weighted by atomic mass is 32.2. The Morgan fingerprint density at radius 2 is 1.71 bits per heavy atom. The molecule has 148 valence electrons. The van der Waals surface area contributed by atoms with Crippen LogP contribution in [0.2, 0.25) is 0 Å². The zero-order valence-electron chi connectivity index (χ0n) is 15.9. The van der Waals surface area contributed by atoms with E-state index in [9.17, 15) is 18.0 Å². The van der Waals surface area contributed by atoms with Gasteiger partial charge in [-0.05, 0) is 50.1 Å². The van der Waals surface area contributed by atoms with E-state index in [4.69, 9.17) is 0 Å². The van der Waals surface area contributed by atoms with Crippen molar-refractivity contribution in [1.82, 2.24) is 10.6 Å². The van der Waals surface area contributed by atoms with Gasteiger partial charge in [0.1, 0.15) is 0 Å². The summed E-state index contributed by atoms with van der Waals surface area (Å²) < 4.78 is 24.4. The van der Waals surface area contributed by atoms with Crippen LogP contribution in [0, 0.1) is 0 Å². The van der Waals surface area contributed by atoms with E-state index in [1.54, 1.807) is 13.8 Å². The smallest absolute Gasteiger partial charge is 0.251 e. The number of amides is 2. The second-order valence-corrected chi connectivity index (χ2v) is 9.70. The van der Waals surface area contributed by atoms with Crippen molar-refractivity contribution < 1.29 is 18.0 Å². The van der Waals surface area contributed by atoms with Crippen molar-refractivity contribution in [3.8, 4) is 0 Å². The van der Waals surface area contributed by atoms with E-state index in [1.165, 1.54) is 24.3 Å². The average molecular weight is 401 g/mol. The molecule has 0 unspecified atom stereocenters. The Bertz CT molecular complexity index is 954. The zero-order valence-corrected chi connectivity index (χ0v) is 16.7. The second-order valence-electron chi connectivity index (χ2n) is 7.19. The lowest BCUT2D eigenvalue weighted by atomic mass is 9.91. The van der Waals surface area contributed by atoms with Crippen LogP contribution in [-0.2, 0) is 14.6 Å². The maximum atomic E-state index is 12.7. The van der Waals surface area contributed by atoms with Gasteiger partial charge in [0, 0.05) is 12.0 Å². The van der Waals surface area contributed by atoms with Crippen LogP contribution in [-0.4, -0.2) is 31.5 Å². The topological polar surface area (TPSA) is 92.3 Å². The predicted molar refractivity (Wildman–Crippen MR) is 107 cm³/mol. The van der Waals surface area contributed by atoms with Gasteiger partial charge in [-0.3, -0.25) is 9.59 Å². The Hall–Kier alpha value is -2.67. The Labute approximate surface area is 165 Å². The monoisotopic (exact) mass is 400 g/mol. The quantitative estimate of drug-likeness (QED) is 0.807. The van der Waals surface area contributed by atoms with E-state index in [2.05, 4.69) is 10.6 Å². The fourth-order valence-corrected chi connectivity index (χ4v) is 4.31. The van der Waals surface area contributed by atoms with Crippen LogP contribution in [0.15, 0.2) is 59.5 Å². The lowest BCUT2D eigenvalue weighted by Crippen LogP contribution is -2.50. The second kappa shape index (κ2) is 8.14. The summed E-state index contributed by atoms with van der Waals surface area (Å²) in [4.78, 5) is 24.7. The van der Waals surface area contributed by atoms with Crippen molar-refractivity contribution in [2.45, 2.75) is 48.9 Å². The Morgan fingerprint density at radius 3 is 2.32 bits per heavy atom. The molecule has 1 heterocycles. The third-order valence-corrected chi connectivity index (χ3v) is 7.11.